The van der Waals surface area contributed by atoms with Crippen molar-refractivity contribution in [2.45, 2.75) is 101 Å². The number of amidine groups is 1. The van der Waals surface area contributed by atoms with Gasteiger partial charge in [-0.25, -0.2) is 13.8 Å². The highest BCUT2D eigenvalue weighted by Gasteiger charge is 2.48. The van der Waals surface area contributed by atoms with Gasteiger partial charge in [0.05, 0.1) is 41.5 Å². The van der Waals surface area contributed by atoms with Crippen LogP contribution in [0, 0.1) is 11.3 Å². The van der Waals surface area contributed by atoms with Crippen LogP contribution in [0.1, 0.15) is 93.6 Å². The quantitative estimate of drug-likeness (QED) is 0.455. The molecule has 2 unspecified atom stereocenters. The summed E-state index contributed by atoms with van der Waals surface area (Å²) >= 11 is 0. The van der Waals surface area contributed by atoms with Crippen LogP contribution in [0.4, 0.5) is 14.6 Å². The van der Waals surface area contributed by atoms with Crippen LogP contribution < -0.4 is 16.2 Å². The Labute approximate surface area is 239 Å². The van der Waals surface area contributed by atoms with Crippen LogP contribution in [0.3, 0.4) is 0 Å². The number of aromatic nitrogens is 2. The SMILES string of the molecule is C=C[C@H]1NC2=NC(C)Nc3c2cc(C2(C#N)CC2)c(=O)n3CCCCCCC(C)OCCC(F)(F)c2ccnc1c2. The van der Waals surface area contributed by atoms with Crippen molar-refractivity contribution in [1.29, 1.82) is 5.26 Å². The highest BCUT2D eigenvalue weighted by Crippen LogP contribution is 2.47. The fraction of sp³-hybridized carbons (Fsp3) is 0.548. The molecule has 5 rings (SSSR count). The van der Waals surface area contributed by atoms with Gasteiger partial charge in [-0.3, -0.25) is 14.3 Å². The predicted molar refractivity (Wildman–Crippen MR) is 154 cm³/mol. The third-order valence-corrected chi connectivity index (χ3v) is 8.30. The van der Waals surface area contributed by atoms with Gasteiger partial charge in [0, 0.05) is 30.3 Å². The molecule has 0 radical (unpaired) electrons. The zero-order chi connectivity index (χ0) is 29.2. The minimum absolute atomic E-state index is 0.0382. The summed E-state index contributed by atoms with van der Waals surface area (Å²) in [6.45, 7) is 8.20. The second-order valence-electron chi connectivity index (χ2n) is 11.4. The molecule has 2 aromatic rings. The monoisotopic (exact) mass is 564 g/mol. The lowest BCUT2D eigenvalue weighted by molar-refractivity contribution is -0.0509. The van der Waals surface area contributed by atoms with E-state index in [-0.39, 0.29) is 30.0 Å². The van der Waals surface area contributed by atoms with Gasteiger partial charge in [-0.1, -0.05) is 25.3 Å². The van der Waals surface area contributed by atoms with Gasteiger partial charge in [0.2, 0.25) is 0 Å². The van der Waals surface area contributed by atoms with E-state index in [1.165, 1.54) is 18.3 Å². The Hall–Kier alpha value is -3.58. The van der Waals surface area contributed by atoms with Crippen LogP contribution in [0.25, 0.3) is 0 Å². The Bertz CT molecular complexity index is 1420. The Kier molecular flexibility index (Phi) is 8.28. The third kappa shape index (κ3) is 6.05. The molecule has 2 N–H and O–H groups in total. The Balaban J connectivity index is 1.58. The summed E-state index contributed by atoms with van der Waals surface area (Å²) in [5.41, 5.74) is 0.458. The van der Waals surface area contributed by atoms with E-state index >= 15 is 8.78 Å². The van der Waals surface area contributed by atoms with Gasteiger partial charge in [-0.15, -0.1) is 6.58 Å². The number of anilines is 1. The zero-order valence-electron chi connectivity index (χ0n) is 23.8. The molecule has 8 nitrogen and oxygen atoms in total. The number of rotatable bonds is 2. The highest BCUT2D eigenvalue weighted by atomic mass is 19.3. The molecule has 2 aromatic heterocycles. The van der Waals surface area contributed by atoms with Crippen molar-refractivity contribution in [3.05, 3.63) is 69.8 Å². The van der Waals surface area contributed by atoms with E-state index in [9.17, 15) is 10.1 Å². The number of pyridine rings is 2. The maximum absolute atomic E-state index is 15.2. The molecular formula is C31H38F2N6O2. The first kappa shape index (κ1) is 28.9. The largest absolute Gasteiger partial charge is 0.378 e. The van der Waals surface area contributed by atoms with Gasteiger partial charge < -0.3 is 15.4 Å². The number of alkyl halides is 2. The van der Waals surface area contributed by atoms with Crippen molar-refractivity contribution >= 4 is 11.7 Å². The standard InChI is InChI=1S/C31H38F2N6O2/c1-4-25-26-17-22(10-14-35-26)31(32,33)13-16-41-20(2)9-7-5-6-8-15-39-28-23(27(38-25)36-21(3)37-28)18-24(29(39)40)30(19-34)11-12-30/h4,10,14,17-18,20-21,25,37H,1,5-9,11-13,15-16H2,2-3H3,(H,36,38)/t20?,21?,25-/m1/s1. The molecule has 1 fully saturated rings. The normalized spacial score (nSPS) is 25.8. The van der Waals surface area contributed by atoms with E-state index in [2.05, 4.69) is 28.3 Å². The molecule has 4 heterocycles. The third-order valence-electron chi connectivity index (χ3n) is 8.30. The second kappa shape index (κ2) is 11.7. The zero-order valence-corrected chi connectivity index (χ0v) is 23.8. The summed E-state index contributed by atoms with van der Waals surface area (Å²) in [6.07, 6.45) is 7.72. The van der Waals surface area contributed by atoms with Crippen LogP contribution in [-0.2, 0) is 22.6 Å². The number of halogens is 2. The molecule has 10 heteroatoms. The predicted octanol–water partition coefficient (Wildman–Crippen LogP) is 5.68. The fourth-order valence-corrected chi connectivity index (χ4v) is 5.65. The number of nitriles is 1. The molecule has 0 saturated heterocycles. The molecular weight excluding hydrogens is 526 g/mol. The fourth-order valence-electron chi connectivity index (χ4n) is 5.65. The lowest BCUT2D eigenvalue weighted by Gasteiger charge is -2.30. The summed E-state index contributed by atoms with van der Waals surface area (Å²) in [5, 5.41) is 16.7. The molecule has 41 heavy (non-hydrogen) atoms. The van der Waals surface area contributed by atoms with Gasteiger partial charge in [-0.05, 0) is 57.7 Å². The van der Waals surface area contributed by atoms with Crippen LogP contribution in [0.15, 0.2) is 46.8 Å². The Morgan fingerprint density at radius 3 is 2.68 bits per heavy atom. The summed E-state index contributed by atoms with van der Waals surface area (Å²) in [6, 6.07) is 6.25. The first-order chi connectivity index (χ1) is 19.7. The second-order valence-corrected chi connectivity index (χ2v) is 11.4. The molecule has 0 aromatic carbocycles. The van der Waals surface area contributed by atoms with Crippen molar-refractivity contribution in [3.8, 4) is 6.07 Å². The Morgan fingerprint density at radius 2 is 1.95 bits per heavy atom. The summed E-state index contributed by atoms with van der Waals surface area (Å²) in [4.78, 5) is 22.9. The van der Waals surface area contributed by atoms with E-state index in [4.69, 9.17) is 9.73 Å². The van der Waals surface area contributed by atoms with Crippen LogP contribution >= 0.6 is 0 Å². The van der Waals surface area contributed by atoms with Gasteiger partial charge in [-0.2, -0.15) is 5.26 Å². The van der Waals surface area contributed by atoms with Crippen molar-refractivity contribution < 1.29 is 13.5 Å². The van der Waals surface area contributed by atoms with Crippen molar-refractivity contribution in [2.24, 2.45) is 4.99 Å². The highest BCUT2D eigenvalue weighted by molar-refractivity contribution is 6.04. The lowest BCUT2D eigenvalue weighted by Crippen LogP contribution is -2.40. The number of nitrogens with one attached hydrogen (secondary N) is 2. The minimum Gasteiger partial charge on any atom is -0.378 e. The van der Waals surface area contributed by atoms with E-state index < -0.39 is 23.8 Å². The first-order valence-electron chi connectivity index (χ1n) is 14.6. The number of aliphatic imine (C=N–C) groups is 1. The number of ether oxygens (including phenoxy) is 1. The van der Waals surface area contributed by atoms with E-state index in [0.29, 0.717) is 47.9 Å². The lowest BCUT2D eigenvalue weighted by atomic mass is 9.96. The molecule has 2 aliphatic heterocycles. The number of nitrogens with zero attached hydrogens (tertiary/aromatic N) is 4. The Morgan fingerprint density at radius 1 is 1.17 bits per heavy atom. The number of hydrogen-bond donors (Lipinski definition) is 2. The number of hydrogen-bond acceptors (Lipinski definition) is 7. The van der Waals surface area contributed by atoms with Gasteiger partial charge in [0.25, 0.3) is 11.5 Å². The molecule has 6 bridgehead atoms. The molecule has 1 saturated carbocycles. The number of fused-ring (bicyclic) bond motifs is 2. The average molecular weight is 565 g/mol. The molecule has 1 aliphatic carbocycles. The molecule has 3 aliphatic rings. The van der Waals surface area contributed by atoms with E-state index in [1.807, 2.05) is 13.8 Å². The smallest absolute Gasteiger partial charge is 0.275 e. The molecule has 3 atom stereocenters. The van der Waals surface area contributed by atoms with Crippen LogP contribution in [0.2, 0.25) is 0 Å². The van der Waals surface area contributed by atoms with Crippen molar-refractivity contribution in [1.82, 2.24) is 14.9 Å². The molecule has 0 spiro atoms. The van der Waals surface area contributed by atoms with Crippen LogP contribution in [-0.4, -0.2) is 34.3 Å². The summed E-state index contributed by atoms with van der Waals surface area (Å²) < 4.78 is 37.9. The van der Waals surface area contributed by atoms with Crippen LogP contribution in [0.5, 0.6) is 0 Å². The summed E-state index contributed by atoms with van der Waals surface area (Å²) in [7, 11) is 0. The van der Waals surface area contributed by atoms with Crippen molar-refractivity contribution in [2.75, 3.05) is 11.9 Å². The first-order valence-corrected chi connectivity index (χ1v) is 14.6. The maximum Gasteiger partial charge on any atom is 0.275 e. The van der Waals surface area contributed by atoms with Gasteiger partial charge >= 0.3 is 0 Å². The van der Waals surface area contributed by atoms with Crippen molar-refractivity contribution in [3.63, 3.8) is 0 Å². The maximum atomic E-state index is 15.2. The van der Waals surface area contributed by atoms with E-state index in [1.54, 1.807) is 16.7 Å². The van der Waals surface area contributed by atoms with Gasteiger partial charge in [0.15, 0.2) is 0 Å². The average Bonchev–Trinajstić information content (AvgIpc) is 3.75. The summed E-state index contributed by atoms with van der Waals surface area (Å²) in [5.74, 6) is -1.95. The van der Waals surface area contributed by atoms with Gasteiger partial charge in [0.1, 0.15) is 17.8 Å². The minimum atomic E-state index is -3.09. The molecule has 0 amide bonds. The topological polar surface area (TPSA) is 104 Å². The molecule has 218 valence electrons. The van der Waals surface area contributed by atoms with E-state index in [0.717, 1.165) is 32.1 Å².